The van der Waals surface area contributed by atoms with Crippen LogP contribution in [0.5, 0.6) is 0 Å². The number of hydrogen-bond acceptors (Lipinski definition) is 4. The van der Waals surface area contributed by atoms with E-state index in [0.717, 1.165) is 56.2 Å². The van der Waals surface area contributed by atoms with Crippen molar-refractivity contribution in [2.45, 2.75) is 71.0 Å². The van der Waals surface area contributed by atoms with Crippen molar-refractivity contribution in [3.63, 3.8) is 0 Å². The molecule has 150 valence electrons. The molecule has 0 spiro atoms. The first-order chi connectivity index (χ1) is 13.1. The van der Waals surface area contributed by atoms with Gasteiger partial charge in [0.1, 0.15) is 0 Å². The third kappa shape index (κ3) is 4.21. The fourth-order valence-electron chi connectivity index (χ4n) is 5.09. The first-order valence-corrected chi connectivity index (χ1v) is 10.9. The molecule has 2 atom stereocenters. The van der Waals surface area contributed by atoms with Gasteiger partial charge in [-0.25, -0.2) is 0 Å². The second-order valence-electron chi connectivity index (χ2n) is 8.71. The summed E-state index contributed by atoms with van der Waals surface area (Å²) in [7, 11) is 0. The molecule has 1 aromatic rings. The quantitative estimate of drug-likeness (QED) is 0.883. The molecule has 1 saturated carbocycles. The molecule has 2 aliphatic heterocycles. The number of amides is 1. The highest BCUT2D eigenvalue weighted by atomic mass is 16.5. The van der Waals surface area contributed by atoms with E-state index in [1.54, 1.807) is 0 Å². The molecule has 27 heavy (non-hydrogen) atoms. The van der Waals surface area contributed by atoms with Crippen molar-refractivity contribution in [3.8, 4) is 0 Å². The molecule has 1 aliphatic carbocycles. The second-order valence-corrected chi connectivity index (χ2v) is 8.71. The number of nitrogens with zero attached hydrogens (tertiary/aromatic N) is 3. The summed E-state index contributed by atoms with van der Waals surface area (Å²) in [5.74, 6) is 0.954. The molecule has 4 rings (SSSR count). The van der Waals surface area contributed by atoms with Crippen LogP contribution in [0.25, 0.3) is 0 Å². The van der Waals surface area contributed by atoms with Gasteiger partial charge in [-0.2, -0.15) is 5.10 Å². The minimum absolute atomic E-state index is 0.0204. The summed E-state index contributed by atoms with van der Waals surface area (Å²) in [6.07, 6.45) is 8.91. The Morgan fingerprint density at radius 3 is 2.74 bits per heavy atom. The van der Waals surface area contributed by atoms with Crippen LogP contribution < -0.4 is 0 Å². The van der Waals surface area contributed by atoms with E-state index < -0.39 is 0 Å². The smallest absolute Gasteiger partial charge is 0.274 e. The summed E-state index contributed by atoms with van der Waals surface area (Å²) in [6, 6.07) is 0. The Labute approximate surface area is 162 Å². The van der Waals surface area contributed by atoms with Crippen LogP contribution in [0.4, 0.5) is 0 Å². The SMILES string of the molecule is C[C@@H]1Cc2c(C(=O)N3CCCN(CC4CCCCC4)CC3)n[nH]c2[C@H](C)O1. The standard InChI is InChI=1S/C21H34N4O2/c1-15-13-18-19(16(2)27-15)22-23-20(18)21(26)25-10-6-9-24(11-12-25)14-17-7-4-3-5-8-17/h15-17H,3-14H2,1-2H3,(H,22,23)/t15-,16+/m1/s1. The first kappa shape index (κ1) is 18.9. The minimum atomic E-state index is -0.0204. The molecule has 6 heteroatoms. The van der Waals surface area contributed by atoms with Gasteiger partial charge in [-0.1, -0.05) is 19.3 Å². The van der Waals surface area contributed by atoms with Crippen LogP contribution in [0.2, 0.25) is 0 Å². The highest BCUT2D eigenvalue weighted by molar-refractivity contribution is 5.94. The molecule has 2 fully saturated rings. The van der Waals surface area contributed by atoms with E-state index in [2.05, 4.69) is 22.0 Å². The minimum Gasteiger partial charge on any atom is -0.369 e. The predicted octanol–water partition coefficient (Wildman–Crippen LogP) is 3.16. The monoisotopic (exact) mass is 374 g/mol. The molecule has 6 nitrogen and oxygen atoms in total. The lowest BCUT2D eigenvalue weighted by Crippen LogP contribution is -2.37. The van der Waals surface area contributed by atoms with E-state index in [0.29, 0.717) is 5.69 Å². The van der Waals surface area contributed by atoms with E-state index in [4.69, 9.17) is 4.74 Å². The van der Waals surface area contributed by atoms with Crippen molar-refractivity contribution in [2.75, 3.05) is 32.7 Å². The van der Waals surface area contributed by atoms with Crippen LogP contribution >= 0.6 is 0 Å². The summed E-state index contributed by atoms with van der Waals surface area (Å²) in [5.41, 5.74) is 2.66. The van der Waals surface area contributed by atoms with Gasteiger partial charge in [0.15, 0.2) is 5.69 Å². The van der Waals surface area contributed by atoms with Gasteiger partial charge in [-0.3, -0.25) is 9.89 Å². The molecule has 3 aliphatic rings. The van der Waals surface area contributed by atoms with Crippen LogP contribution in [0, 0.1) is 5.92 Å². The first-order valence-electron chi connectivity index (χ1n) is 10.9. The summed E-state index contributed by atoms with van der Waals surface area (Å²) >= 11 is 0. The lowest BCUT2D eigenvalue weighted by Gasteiger charge is -2.29. The molecule has 1 saturated heterocycles. The van der Waals surface area contributed by atoms with Gasteiger partial charge < -0.3 is 14.5 Å². The maximum absolute atomic E-state index is 13.2. The van der Waals surface area contributed by atoms with Gasteiger partial charge in [-0.05, 0) is 45.6 Å². The Bertz CT molecular complexity index is 653. The molecule has 0 radical (unpaired) electrons. The van der Waals surface area contributed by atoms with Gasteiger partial charge in [0.2, 0.25) is 0 Å². The van der Waals surface area contributed by atoms with Crippen LogP contribution in [0.3, 0.4) is 0 Å². The fourth-order valence-corrected chi connectivity index (χ4v) is 5.09. The Kier molecular flexibility index (Phi) is 5.83. The lowest BCUT2D eigenvalue weighted by molar-refractivity contribution is -0.00701. The average molecular weight is 375 g/mol. The number of aromatic amines is 1. The topological polar surface area (TPSA) is 61.5 Å². The molecule has 3 heterocycles. The largest absolute Gasteiger partial charge is 0.369 e. The Balaban J connectivity index is 1.39. The normalized spacial score (nSPS) is 28.0. The Hall–Kier alpha value is -1.40. The van der Waals surface area contributed by atoms with Gasteiger partial charge in [0.05, 0.1) is 17.9 Å². The average Bonchev–Trinajstić information content (AvgIpc) is 2.94. The van der Waals surface area contributed by atoms with Crippen molar-refractivity contribution in [2.24, 2.45) is 5.92 Å². The van der Waals surface area contributed by atoms with Gasteiger partial charge in [0, 0.05) is 38.2 Å². The summed E-state index contributed by atoms with van der Waals surface area (Å²) in [6.45, 7) is 9.06. The zero-order valence-corrected chi connectivity index (χ0v) is 16.9. The number of hydrogen-bond donors (Lipinski definition) is 1. The molecule has 0 aromatic carbocycles. The van der Waals surface area contributed by atoms with Crippen molar-refractivity contribution >= 4 is 5.91 Å². The van der Waals surface area contributed by atoms with Gasteiger partial charge >= 0.3 is 0 Å². The van der Waals surface area contributed by atoms with Crippen molar-refractivity contribution in [1.29, 1.82) is 0 Å². The molecule has 1 N–H and O–H groups in total. The third-order valence-corrected chi connectivity index (χ3v) is 6.55. The summed E-state index contributed by atoms with van der Waals surface area (Å²) in [4.78, 5) is 17.8. The lowest BCUT2D eigenvalue weighted by atomic mass is 9.89. The molecule has 1 aromatic heterocycles. The predicted molar refractivity (Wildman–Crippen MR) is 105 cm³/mol. The molecule has 0 unspecified atom stereocenters. The third-order valence-electron chi connectivity index (χ3n) is 6.55. The Morgan fingerprint density at radius 2 is 1.93 bits per heavy atom. The zero-order valence-electron chi connectivity index (χ0n) is 16.9. The van der Waals surface area contributed by atoms with E-state index in [-0.39, 0.29) is 18.1 Å². The number of fused-ring (bicyclic) bond motifs is 1. The van der Waals surface area contributed by atoms with Crippen molar-refractivity contribution < 1.29 is 9.53 Å². The number of carbonyl (C=O) groups is 1. The van der Waals surface area contributed by atoms with Crippen LogP contribution in [-0.2, 0) is 11.2 Å². The van der Waals surface area contributed by atoms with Gasteiger partial charge in [-0.15, -0.1) is 0 Å². The number of ether oxygens (including phenoxy) is 1. The van der Waals surface area contributed by atoms with Crippen molar-refractivity contribution in [3.05, 3.63) is 17.0 Å². The van der Waals surface area contributed by atoms with E-state index in [9.17, 15) is 4.79 Å². The van der Waals surface area contributed by atoms with Crippen LogP contribution in [0.1, 0.15) is 80.2 Å². The van der Waals surface area contributed by atoms with Crippen LogP contribution in [0.15, 0.2) is 0 Å². The van der Waals surface area contributed by atoms with E-state index in [1.165, 1.54) is 38.6 Å². The highest BCUT2D eigenvalue weighted by Crippen LogP contribution is 2.31. The highest BCUT2D eigenvalue weighted by Gasteiger charge is 2.32. The van der Waals surface area contributed by atoms with Gasteiger partial charge in [0.25, 0.3) is 5.91 Å². The van der Waals surface area contributed by atoms with E-state index >= 15 is 0 Å². The molecule has 0 bridgehead atoms. The number of nitrogens with one attached hydrogen (secondary N) is 1. The summed E-state index contributed by atoms with van der Waals surface area (Å²) < 4.78 is 5.85. The van der Waals surface area contributed by atoms with E-state index in [1.807, 2.05) is 11.8 Å². The second kappa shape index (κ2) is 8.31. The van der Waals surface area contributed by atoms with Crippen LogP contribution in [-0.4, -0.2) is 64.7 Å². The Morgan fingerprint density at radius 1 is 1.11 bits per heavy atom. The maximum atomic E-state index is 13.2. The molecular formula is C21H34N4O2. The molecule has 1 amide bonds. The fraction of sp³-hybridized carbons (Fsp3) is 0.810. The maximum Gasteiger partial charge on any atom is 0.274 e. The molecular weight excluding hydrogens is 340 g/mol. The number of aromatic nitrogens is 2. The number of carbonyl (C=O) groups excluding carboxylic acids is 1. The summed E-state index contributed by atoms with van der Waals surface area (Å²) in [5, 5.41) is 7.45. The number of H-pyrrole nitrogens is 1. The van der Waals surface area contributed by atoms with Crippen molar-refractivity contribution in [1.82, 2.24) is 20.0 Å². The number of rotatable bonds is 3. The zero-order chi connectivity index (χ0) is 18.8.